The van der Waals surface area contributed by atoms with Crippen molar-refractivity contribution in [1.82, 2.24) is 0 Å². The Bertz CT molecular complexity index is 584. The number of nitrogens with one attached hydrogen (secondary N) is 1. The molecule has 2 unspecified atom stereocenters. The number of benzene rings is 1. The highest BCUT2D eigenvalue weighted by atomic mass is 19.1. The van der Waals surface area contributed by atoms with Crippen LogP contribution in [0.25, 0.3) is 0 Å². The van der Waals surface area contributed by atoms with Gasteiger partial charge in [-0.25, -0.2) is 4.39 Å². The molecule has 0 aromatic heterocycles. The van der Waals surface area contributed by atoms with Crippen LogP contribution in [-0.4, -0.2) is 18.0 Å². The van der Waals surface area contributed by atoms with Crippen LogP contribution < -0.4 is 5.32 Å². The van der Waals surface area contributed by atoms with Crippen molar-refractivity contribution in [3.05, 3.63) is 29.6 Å². The van der Waals surface area contributed by atoms with Crippen molar-refractivity contribution in [2.24, 2.45) is 5.92 Å². The molecule has 4 nitrogen and oxygen atoms in total. The van der Waals surface area contributed by atoms with Gasteiger partial charge in [0.2, 0.25) is 5.91 Å². The predicted molar refractivity (Wildman–Crippen MR) is 66.0 cm³/mol. The zero-order valence-corrected chi connectivity index (χ0v) is 10.7. The molecule has 19 heavy (non-hydrogen) atoms. The van der Waals surface area contributed by atoms with Crippen LogP contribution in [-0.2, 0) is 19.7 Å². The number of carbonyl (C=O) groups is 2. The summed E-state index contributed by atoms with van der Waals surface area (Å²) in [7, 11) is 0. The second kappa shape index (κ2) is 3.79. The normalized spacial score (nSPS) is 27.4. The first-order valence-electron chi connectivity index (χ1n) is 6.27. The molecule has 1 aromatic carbocycles. The predicted octanol–water partition coefficient (Wildman–Crippen LogP) is 1.99. The first-order valence-corrected chi connectivity index (χ1v) is 6.27. The summed E-state index contributed by atoms with van der Waals surface area (Å²) >= 11 is 0. The highest BCUT2D eigenvalue weighted by molar-refractivity contribution is 6.12. The van der Waals surface area contributed by atoms with E-state index < -0.39 is 17.2 Å². The summed E-state index contributed by atoms with van der Waals surface area (Å²) in [5.74, 6) is -1.53. The third kappa shape index (κ3) is 1.64. The van der Waals surface area contributed by atoms with Crippen LogP contribution in [0, 0.1) is 11.7 Å². The summed E-state index contributed by atoms with van der Waals surface area (Å²) in [6.07, 6.45) is 0.169. The van der Waals surface area contributed by atoms with E-state index in [0.29, 0.717) is 17.7 Å². The summed E-state index contributed by atoms with van der Waals surface area (Å²) in [4.78, 5) is 24.0. The Morgan fingerprint density at radius 1 is 1.53 bits per heavy atom. The van der Waals surface area contributed by atoms with Gasteiger partial charge in [-0.1, -0.05) is 0 Å². The second-order valence-electron chi connectivity index (χ2n) is 5.36. The van der Waals surface area contributed by atoms with Gasteiger partial charge in [0.25, 0.3) is 0 Å². The van der Waals surface area contributed by atoms with Gasteiger partial charge in [0.1, 0.15) is 5.82 Å². The van der Waals surface area contributed by atoms with Crippen LogP contribution in [0.15, 0.2) is 18.2 Å². The van der Waals surface area contributed by atoms with Crippen LogP contribution in [0.3, 0.4) is 0 Å². The lowest BCUT2D eigenvalue weighted by atomic mass is 9.94. The Morgan fingerprint density at radius 2 is 2.26 bits per heavy atom. The molecule has 5 heteroatoms. The molecule has 0 saturated heterocycles. The van der Waals surface area contributed by atoms with Crippen molar-refractivity contribution in [2.75, 3.05) is 5.32 Å². The van der Waals surface area contributed by atoms with Crippen LogP contribution in [0.5, 0.6) is 0 Å². The molecule has 3 rings (SSSR count). The molecule has 1 amide bonds. The van der Waals surface area contributed by atoms with Gasteiger partial charge in [0.05, 0.1) is 17.4 Å². The van der Waals surface area contributed by atoms with Crippen LogP contribution in [0.2, 0.25) is 0 Å². The summed E-state index contributed by atoms with van der Waals surface area (Å²) in [6.45, 7) is 3.52. The Labute approximate surface area is 109 Å². The van der Waals surface area contributed by atoms with Crippen LogP contribution >= 0.6 is 0 Å². The zero-order chi connectivity index (χ0) is 13.8. The lowest BCUT2D eigenvalue weighted by molar-refractivity contribution is -0.150. The minimum absolute atomic E-state index is 0.221. The van der Waals surface area contributed by atoms with E-state index in [1.165, 1.54) is 18.2 Å². The monoisotopic (exact) mass is 263 g/mol. The molecule has 1 fully saturated rings. The maximum Gasteiger partial charge on any atom is 0.310 e. The van der Waals surface area contributed by atoms with Crippen molar-refractivity contribution in [3.8, 4) is 0 Å². The first-order chi connectivity index (χ1) is 8.95. The molecule has 0 radical (unpaired) electrons. The minimum Gasteiger partial charge on any atom is -0.463 e. The van der Waals surface area contributed by atoms with E-state index in [9.17, 15) is 14.0 Å². The number of ether oxygens (including phenoxy) is 1. The molecule has 1 aromatic rings. The number of carbonyl (C=O) groups excluding carboxylic acids is 2. The number of amides is 1. The minimum atomic E-state index is -0.913. The van der Waals surface area contributed by atoms with Crippen molar-refractivity contribution >= 4 is 17.6 Å². The van der Waals surface area contributed by atoms with Crippen molar-refractivity contribution in [2.45, 2.75) is 31.8 Å². The fourth-order valence-electron chi connectivity index (χ4n) is 2.76. The number of fused-ring (bicyclic) bond motifs is 2. The average molecular weight is 263 g/mol. The highest BCUT2D eigenvalue weighted by Gasteiger charge is 2.68. The molecule has 100 valence electrons. The number of anilines is 1. The standard InChI is InChI=1S/C14H14FNO3/c1-7(2)19-12(17)10-6-14(10)9-5-8(15)3-4-11(9)16-13(14)18/h3-5,7,10H,6H2,1-2H3,(H,16,18). The second-order valence-corrected chi connectivity index (χ2v) is 5.36. The molecule has 1 N–H and O–H groups in total. The first kappa shape index (κ1) is 12.1. The van der Waals surface area contributed by atoms with E-state index in [0.717, 1.165) is 0 Å². The SMILES string of the molecule is CC(C)OC(=O)C1CC12C(=O)Nc1ccc(F)cc12. The highest BCUT2D eigenvalue weighted by Crippen LogP contribution is 2.60. The third-order valence-corrected chi connectivity index (χ3v) is 3.71. The number of rotatable bonds is 2. The molecular formula is C14H14FNO3. The molecular weight excluding hydrogens is 249 g/mol. The van der Waals surface area contributed by atoms with Gasteiger partial charge < -0.3 is 10.1 Å². The van der Waals surface area contributed by atoms with E-state index in [2.05, 4.69) is 5.32 Å². The van der Waals surface area contributed by atoms with E-state index in [-0.39, 0.29) is 18.0 Å². The summed E-state index contributed by atoms with van der Waals surface area (Å²) < 4.78 is 18.5. The molecule has 1 aliphatic heterocycles. The molecule has 0 bridgehead atoms. The van der Waals surface area contributed by atoms with Gasteiger partial charge in [0.15, 0.2) is 0 Å². The van der Waals surface area contributed by atoms with Crippen molar-refractivity contribution < 1.29 is 18.7 Å². The fraction of sp³-hybridized carbons (Fsp3) is 0.429. The topological polar surface area (TPSA) is 55.4 Å². The number of esters is 1. The number of hydrogen-bond donors (Lipinski definition) is 1. The molecule has 1 saturated carbocycles. The smallest absolute Gasteiger partial charge is 0.310 e. The molecule has 2 aliphatic rings. The number of halogens is 1. The molecule has 1 heterocycles. The van der Waals surface area contributed by atoms with Gasteiger partial charge in [-0.3, -0.25) is 9.59 Å². The summed E-state index contributed by atoms with van der Waals surface area (Å²) in [6, 6.07) is 4.15. The van der Waals surface area contributed by atoms with Crippen molar-refractivity contribution in [1.29, 1.82) is 0 Å². The quantitative estimate of drug-likeness (QED) is 0.830. The number of hydrogen-bond acceptors (Lipinski definition) is 3. The average Bonchev–Trinajstić information content (AvgIpc) is 3.01. The lowest BCUT2D eigenvalue weighted by Crippen LogP contribution is -2.26. The van der Waals surface area contributed by atoms with E-state index in [4.69, 9.17) is 4.74 Å². The maximum atomic E-state index is 13.3. The molecule has 1 aliphatic carbocycles. The van der Waals surface area contributed by atoms with Gasteiger partial charge in [0, 0.05) is 5.69 Å². The van der Waals surface area contributed by atoms with Gasteiger partial charge in [-0.15, -0.1) is 0 Å². The maximum absolute atomic E-state index is 13.3. The van der Waals surface area contributed by atoms with E-state index in [1.54, 1.807) is 13.8 Å². The van der Waals surface area contributed by atoms with Gasteiger partial charge in [-0.2, -0.15) is 0 Å². The Kier molecular flexibility index (Phi) is 2.42. The molecule has 2 atom stereocenters. The van der Waals surface area contributed by atoms with Gasteiger partial charge >= 0.3 is 5.97 Å². The Hall–Kier alpha value is -1.91. The summed E-state index contributed by atoms with van der Waals surface area (Å²) in [5.41, 5.74) is 0.248. The van der Waals surface area contributed by atoms with Crippen molar-refractivity contribution in [3.63, 3.8) is 0 Å². The van der Waals surface area contributed by atoms with Crippen LogP contribution in [0.4, 0.5) is 10.1 Å². The van der Waals surface area contributed by atoms with Gasteiger partial charge in [-0.05, 0) is 44.0 Å². The largest absolute Gasteiger partial charge is 0.463 e. The third-order valence-electron chi connectivity index (χ3n) is 3.71. The lowest BCUT2D eigenvalue weighted by Gasteiger charge is -2.10. The van der Waals surface area contributed by atoms with E-state index in [1.807, 2.05) is 0 Å². The fourth-order valence-corrected chi connectivity index (χ4v) is 2.76. The summed E-state index contributed by atoms with van der Waals surface area (Å²) in [5, 5.41) is 2.70. The zero-order valence-electron chi connectivity index (χ0n) is 10.7. The van der Waals surface area contributed by atoms with Crippen LogP contribution in [0.1, 0.15) is 25.8 Å². The van der Waals surface area contributed by atoms with E-state index >= 15 is 0 Å². The molecule has 1 spiro atoms. The Morgan fingerprint density at radius 3 is 2.95 bits per heavy atom. The Balaban J connectivity index is 1.94.